The van der Waals surface area contributed by atoms with Gasteiger partial charge in [0.2, 0.25) is 0 Å². The molecule has 0 spiro atoms. The molecule has 0 aliphatic heterocycles. The Bertz CT molecular complexity index is 946. The zero-order valence-corrected chi connectivity index (χ0v) is 13.0. The number of fused-ring (bicyclic) bond motifs is 1. The monoisotopic (exact) mass is 309 g/mol. The van der Waals surface area contributed by atoms with Gasteiger partial charge in [-0.15, -0.1) is 0 Å². The van der Waals surface area contributed by atoms with Crippen molar-refractivity contribution in [2.24, 2.45) is 4.99 Å². The molecule has 4 aromatic rings. The van der Waals surface area contributed by atoms with Crippen LogP contribution in [0.3, 0.4) is 0 Å². The molecule has 0 saturated carbocycles. The molecule has 0 amide bonds. The van der Waals surface area contributed by atoms with Crippen molar-refractivity contribution in [2.45, 2.75) is 0 Å². The summed E-state index contributed by atoms with van der Waals surface area (Å²) in [5, 5.41) is 2.03. The maximum absolute atomic E-state index is 4.95. The summed E-state index contributed by atoms with van der Waals surface area (Å²) in [7, 11) is 0. The highest BCUT2D eigenvalue weighted by atomic mass is 14.8. The van der Waals surface area contributed by atoms with E-state index in [1.165, 1.54) is 0 Å². The highest BCUT2D eigenvalue weighted by Crippen LogP contribution is 2.25. The van der Waals surface area contributed by atoms with Crippen LogP contribution in [-0.2, 0) is 0 Å². The van der Waals surface area contributed by atoms with Crippen LogP contribution in [0.15, 0.2) is 96.5 Å². The van der Waals surface area contributed by atoms with Crippen LogP contribution < -0.4 is 0 Å². The maximum Gasteiger partial charge on any atom is 0.0900 e. The average Bonchev–Trinajstić information content (AvgIpc) is 2.67. The fraction of sp³-hybridized carbons (Fsp3) is 0. The predicted octanol–water partition coefficient (Wildman–Crippen LogP) is 4.80. The lowest BCUT2D eigenvalue weighted by atomic mass is 10.0. The second-order valence-corrected chi connectivity index (χ2v) is 5.45. The third kappa shape index (κ3) is 2.79. The Balaban J connectivity index is 1.95. The maximum atomic E-state index is 4.95. The minimum absolute atomic E-state index is 0.845. The van der Waals surface area contributed by atoms with Gasteiger partial charge in [0.15, 0.2) is 0 Å². The van der Waals surface area contributed by atoms with Crippen molar-refractivity contribution >= 4 is 22.2 Å². The Labute approximate surface area is 140 Å². The number of nitrogens with zero attached hydrogens (tertiary/aromatic N) is 3. The van der Waals surface area contributed by atoms with Gasteiger partial charge in [0.1, 0.15) is 0 Å². The zero-order chi connectivity index (χ0) is 16.2. The molecule has 2 aromatic heterocycles. The summed E-state index contributed by atoms with van der Waals surface area (Å²) in [6.07, 6.45) is 7.21. The number of aliphatic imine (C=N–C) groups is 1. The summed E-state index contributed by atoms with van der Waals surface area (Å²) >= 11 is 0. The summed E-state index contributed by atoms with van der Waals surface area (Å²) in [4.78, 5) is 13.4. The zero-order valence-electron chi connectivity index (χ0n) is 13.0. The van der Waals surface area contributed by atoms with Crippen LogP contribution in [0.2, 0.25) is 0 Å². The molecule has 2 aromatic carbocycles. The largest absolute Gasteiger partial charge is 0.264 e. The molecule has 0 bridgehead atoms. The van der Waals surface area contributed by atoms with Crippen molar-refractivity contribution in [3.63, 3.8) is 0 Å². The number of aromatic nitrogens is 2. The van der Waals surface area contributed by atoms with Crippen LogP contribution in [0.1, 0.15) is 11.1 Å². The molecule has 114 valence electrons. The van der Waals surface area contributed by atoms with Gasteiger partial charge in [0.05, 0.1) is 17.6 Å². The molecule has 0 aliphatic carbocycles. The third-order valence-electron chi connectivity index (χ3n) is 3.86. The Morgan fingerprint density at radius 3 is 1.96 bits per heavy atom. The van der Waals surface area contributed by atoms with Crippen LogP contribution in [0.5, 0.6) is 0 Å². The number of rotatable bonds is 3. The SMILES string of the molecule is c1ccc(C(=Nc2cncc3cnccc23)c2ccccc2)cc1. The van der Waals surface area contributed by atoms with Gasteiger partial charge >= 0.3 is 0 Å². The van der Waals surface area contributed by atoms with Gasteiger partial charge in [-0.25, -0.2) is 4.99 Å². The quantitative estimate of drug-likeness (QED) is 0.510. The minimum Gasteiger partial charge on any atom is -0.264 e. The summed E-state index contributed by atoms with van der Waals surface area (Å²) in [5.74, 6) is 0. The number of pyridine rings is 2. The number of hydrogen-bond acceptors (Lipinski definition) is 3. The minimum atomic E-state index is 0.845. The molecule has 2 heterocycles. The predicted molar refractivity (Wildman–Crippen MR) is 97.7 cm³/mol. The first-order chi connectivity index (χ1) is 11.9. The smallest absolute Gasteiger partial charge is 0.0900 e. The molecule has 0 atom stereocenters. The second kappa shape index (κ2) is 6.42. The molecule has 0 unspecified atom stereocenters. The Hall–Kier alpha value is -3.33. The van der Waals surface area contributed by atoms with E-state index in [9.17, 15) is 0 Å². The molecule has 3 nitrogen and oxygen atoms in total. The van der Waals surface area contributed by atoms with Gasteiger partial charge in [-0.2, -0.15) is 0 Å². The average molecular weight is 309 g/mol. The summed E-state index contributed by atoms with van der Waals surface area (Å²) in [6, 6.07) is 22.4. The topological polar surface area (TPSA) is 38.1 Å². The summed E-state index contributed by atoms with van der Waals surface area (Å²) < 4.78 is 0. The van der Waals surface area contributed by atoms with Crippen LogP contribution in [0.4, 0.5) is 5.69 Å². The number of hydrogen-bond donors (Lipinski definition) is 0. The summed E-state index contributed by atoms with van der Waals surface area (Å²) in [5.41, 5.74) is 3.93. The van der Waals surface area contributed by atoms with Crippen molar-refractivity contribution < 1.29 is 0 Å². The van der Waals surface area contributed by atoms with Gasteiger partial charge in [0.25, 0.3) is 0 Å². The molecule has 0 N–H and O–H groups in total. The molecular formula is C21H15N3. The van der Waals surface area contributed by atoms with Gasteiger partial charge in [-0.3, -0.25) is 9.97 Å². The third-order valence-corrected chi connectivity index (χ3v) is 3.86. The van der Waals surface area contributed by atoms with E-state index in [1.807, 2.05) is 54.9 Å². The van der Waals surface area contributed by atoms with E-state index in [0.717, 1.165) is 33.3 Å². The first-order valence-corrected chi connectivity index (χ1v) is 7.79. The fourth-order valence-electron chi connectivity index (χ4n) is 2.70. The molecule has 3 heteroatoms. The molecule has 0 saturated heterocycles. The van der Waals surface area contributed by atoms with E-state index in [2.05, 4.69) is 34.2 Å². The standard InChI is InChI=1S/C21H15N3/c1-3-7-16(8-4-1)21(17-9-5-2-6-10-17)24-20-15-23-14-18-13-22-12-11-19(18)20/h1-15H. The Morgan fingerprint density at radius 2 is 1.29 bits per heavy atom. The van der Waals surface area contributed by atoms with E-state index in [1.54, 1.807) is 12.4 Å². The molecule has 0 radical (unpaired) electrons. The normalized spacial score (nSPS) is 10.5. The van der Waals surface area contributed by atoms with Crippen LogP contribution in [0.25, 0.3) is 10.8 Å². The van der Waals surface area contributed by atoms with Crippen molar-refractivity contribution in [1.82, 2.24) is 9.97 Å². The van der Waals surface area contributed by atoms with Crippen LogP contribution in [-0.4, -0.2) is 15.7 Å². The van der Waals surface area contributed by atoms with Gasteiger partial charge in [0, 0.05) is 40.5 Å². The van der Waals surface area contributed by atoms with Gasteiger partial charge in [-0.1, -0.05) is 60.7 Å². The van der Waals surface area contributed by atoms with E-state index >= 15 is 0 Å². The van der Waals surface area contributed by atoms with E-state index in [4.69, 9.17) is 4.99 Å². The summed E-state index contributed by atoms with van der Waals surface area (Å²) in [6.45, 7) is 0. The van der Waals surface area contributed by atoms with Crippen molar-refractivity contribution in [3.8, 4) is 0 Å². The van der Waals surface area contributed by atoms with Crippen molar-refractivity contribution in [2.75, 3.05) is 0 Å². The lowest BCUT2D eigenvalue weighted by Gasteiger charge is -2.08. The van der Waals surface area contributed by atoms with E-state index in [-0.39, 0.29) is 0 Å². The second-order valence-electron chi connectivity index (χ2n) is 5.45. The van der Waals surface area contributed by atoms with Gasteiger partial charge < -0.3 is 0 Å². The lowest BCUT2D eigenvalue weighted by molar-refractivity contribution is 1.30. The van der Waals surface area contributed by atoms with Crippen LogP contribution in [0, 0.1) is 0 Å². The molecule has 0 aliphatic rings. The molecular weight excluding hydrogens is 294 g/mol. The Kier molecular flexibility index (Phi) is 3.82. The molecule has 0 fully saturated rings. The highest BCUT2D eigenvalue weighted by molar-refractivity contribution is 6.14. The number of benzene rings is 2. The van der Waals surface area contributed by atoms with Crippen molar-refractivity contribution in [1.29, 1.82) is 0 Å². The van der Waals surface area contributed by atoms with Crippen molar-refractivity contribution in [3.05, 3.63) is 103 Å². The van der Waals surface area contributed by atoms with E-state index in [0.29, 0.717) is 0 Å². The molecule has 24 heavy (non-hydrogen) atoms. The first kappa shape index (κ1) is 14.3. The Morgan fingerprint density at radius 1 is 0.667 bits per heavy atom. The first-order valence-electron chi connectivity index (χ1n) is 7.79. The lowest BCUT2D eigenvalue weighted by Crippen LogP contribution is -2.02. The van der Waals surface area contributed by atoms with E-state index < -0.39 is 0 Å². The van der Waals surface area contributed by atoms with Crippen LogP contribution >= 0.6 is 0 Å². The molecule has 4 rings (SSSR count). The fourth-order valence-corrected chi connectivity index (χ4v) is 2.70. The highest BCUT2D eigenvalue weighted by Gasteiger charge is 2.08. The van der Waals surface area contributed by atoms with Gasteiger partial charge in [-0.05, 0) is 6.07 Å².